The zero-order valence-electron chi connectivity index (χ0n) is 14.7. The Balaban J connectivity index is -0.000000402. The van der Waals surface area contributed by atoms with Crippen molar-refractivity contribution < 1.29 is 59.3 Å². The van der Waals surface area contributed by atoms with E-state index >= 15 is 0 Å². The first kappa shape index (κ1) is 29.3. The molecule has 0 aliphatic heterocycles. The van der Waals surface area contributed by atoms with Crippen LogP contribution in [0.5, 0.6) is 0 Å². The molecule has 0 radical (unpaired) electrons. The van der Waals surface area contributed by atoms with E-state index in [0.717, 1.165) is 0 Å². The van der Waals surface area contributed by atoms with Gasteiger partial charge in [0.15, 0.2) is 0 Å². The van der Waals surface area contributed by atoms with Crippen molar-refractivity contribution in [3.8, 4) is 0 Å². The molecule has 0 saturated carbocycles. The second kappa shape index (κ2) is 12.8. The number of hydrogen-bond acceptors (Lipinski definition) is 11. The van der Waals surface area contributed by atoms with Gasteiger partial charge in [0.25, 0.3) is 0 Å². The first-order valence-corrected chi connectivity index (χ1v) is 6.79. The fourth-order valence-corrected chi connectivity index (χ4v) is 1.61. The molecule has 3 N–H and O–H groups in total. The minimum atomic E-state index is -2.95. The molecule has 0 amide bonds. The maximum absolute atomic E-state index is 10.4. The molecule has 12 nitrogen and oxygen atoms in total. The number of carbonyl (C=O) groups excluding carboxylic acids is 4. The van der Waals surface area contributed by atoms with Gasteiger partial charge in [-0.15, -0.1) is 0 Å². The van der Waals surface area contributed by atoms with E-state index in [1.54, 1.807) is 0 Å². The number of quaternary nitrogens is 1. The Bertz CT molecular complexity index is 491. The summed E-state index contributed by atoms with van der Waals surface area (Å²) in [5, 5.41) is 56.3. The summed E-state index contributed by atoms with van der Waals surface area (Å²) >= 11 is 0. The molecular formula is C13H21MgNO11. The molecule has 0 saturated heterocycles. The Morgan fingerprint density at radius 2 is 1.50 bits per heavy atom. The van der Waals surface area contributed by atoms with Gasteiger partial charge in [-0.2, -0.15) is 5.26 Å². The fourth-order valence-electron chi connectivity index (χ4n) is 1.61. The van der Waals surface area contributed by atoms with Gasteiger partial charge in [0.05, 0.1) is 33.5 Å². The van der Waals surface area contributed by atoms with Crippen molar-refractivity contribution in [2.24, 2.45) is 0 Å². The standard InChI is InChI=1S/C7H15NO3.C6H8O8.Mg/c1-8(2,3)5-6(9)4-7(10)11;7-3(8)1-6(12,5(10)11)2-4(9)14-13;/h6,9H,4-5H2,1-3H3;12-13H,1-2H2,(H,7,8)(H,10,11);/q;;+2/p-2/t6-;;/m1../s1. The van der Waals surface area contributed by atoms with Crippen molar-refractivity contribution in [3.63, 3.8) is 0 Å². The fraction of sp³-hybridized carbons (Fsp3) is 0.692. The minimum absolute atomic E-state index is 0. The molecule has 0 heterocycles. The Labute approximate surface area is 165 Å². The zero-order chi connectivity index (χ0) is 20.4. The quantitative estimate of drug-likeness (QED) is 0.146. The Kier molecular flexibility index (Phi) is 14.4. The van der Waals surface area contributed by atoms with Crippen molar-refractivity contribution in [1.82, 2.24) is 0 Å². The first-order chi connectivity index (χ1) is 11.1. The topological polar surface area (TPSA) is 207 Å². The van der Waals surface area contributed by atoms with Crippen LogP contribution in [0, 0.1) is 0 Å². The third kappa shape index (κ3) is 16.0. The van der Waals surface area contributed by atoms with Crippen molar-refractivity contribution in [2.75, 3.05) is 27.7 Å². The molecular weight excluding hydrogens is 370 g/mol. The van der Waals surface area contributed by atoms with E-state index < -0.39 is 48.4 Å². The molecule has 0 rings (SSSR count). The van der Waals surface area contributed by atoms with E-state index in [1.807, 2.05) is 21.1 Å². The summed E-state index contributed by atoms with van der Waals surface area (Å²) in [4.78, 5) is 43.7. The number of aliphatic hydroxyl groups is 2. The van der Waals surface area contributed by atoms with Gasteiger partial charge in [-0.3, -0.25) is 0 Å². The van der Waals surface area contributed by atoms with Gasteiger partial charge in [-0.1, -0.05) is 0 Å². The Morgan fingerprint density at radius 3 is 1.77 bits per heavy atom. The maximum atomic E-state index is 10.4. The van der Waals surface area contributed by atoms with E-state index in [2.05, 4.69) is 4.89 Å². The van der Waals surface area contributed by atoms with Crippen LogP contribution in [-0.2, 0) is 24.1 Å². The van der Waals surface area contributed by atoms with E-state index in [4.69, 9.17) is 15.5 Å². The number of carboxylic acid groups (broad SMARTS) is 3. The molecule has 0 aromatic rings. The third-order valence-electron chi connectivity index (χ3n) is 2.52. The van der Waals surface area contributed by atoms with Crippen LogP contribution in [-0.4, -0.2) is 106 Å². The molecule has 0 aromatic carbocycles. The third-order valence-corrected chi connectivity index (χ3v) is 2.52. The van der Waals surface area contributed by atoms with Gasteiger partial charge in [-0.25, -0.2) is 4.79 Å². The molecule has 2 atom stereocenters. The van der Waals surface area contributed by atoms with Gasteiger partial charge in [0.2, 0.25) is 0 Å². The van der Waals surface area contributed by atoms with Crippen molar-refractivity contribution in [3.05, 3.63) is 0 Å². The smallest absolute Gasteiger partial charge is 0.550 e. The summed E-state index contributed by atoms with van der Waals surface area (Å²) in [5.41, 5.74) is -2.95. The Hall–Kier alpha value is -1.51. The number of carboxylic acids is 3. The molecule has 1 unspecified atom stereocenters. The van der Waals surface area contributed by atoms with Gasteiger partial charge < -0.3 is 49.3 Å². The first-order valence-electron chi connectivity index (χ1n) is 6.79. The number of likely N-dealkylation sites (N-methyl/N-ethyl adjacent to an activating group) is 1. The second-order valence-corrected chi connectivity index (χ2v) is 6.21. The van der Waals surface area contributed by atoms with Crippen LogP contribution in [0.4, 0.5) is 0 Å². The van der Waals surface area contributed by atoms with Crippen LogP contribution >= 0.6 is 0 Å². The number of aliphatic hydroxyl groups excluding tert-OH is 1. The van der Waals surface area contributed by atoms with Crippen LogP contribution < -0.4 is 15.3 Å². The molecule has 0 fully saturated rings. The molecule has 26 heavy (non-hydrogen) atoms. The average Bonchev–Trinajstić information content (AvgIpc) is 2.34. The number of carbonyl (C=O) groups is 4. The van der Waals surface area contributed by atoms with Crippen molar-refractivity contribution in [1.29, 1.82) is 0 Å². The van der Waals surface area contributed by atoms with Crippen LogP contribution in [0.25, 0.3) is 0 Å². The summed E-state index contributed by atoms with van der Waals surface area (Å²) < 4.78 is 0.550. The molecule has 0 aliphatic carbocycles. The monoisotopic (exact) mass is 391 g/mol. The zero-order valence-corrected chi connectivity index (χ0v) is 16.1. The van der Waals surface area contributed by atoms with E-state index in [0.29, 0.717) is 11.0 Å². The average molecular weight is 392 g/mol. The van der Waals surface area contributed by atoms with Crippen molar-refractivity contribution >= 4 is 46.9 Å². The van der Waals surface area contributed by atoms with Crippen LogP contribution in [0.15, 0.2) is 0 Å². The summed E-state index contributed by atoms with van der Waals surface area (Å²) in [6.45, 7) is 0.425. The summed E-state index contributed by atoms with van der Waals surface area (Å²) in [6.07, 6.45) is -3.68. The maximum Gasteiger partial charge on any atom is 2.00 e. The summed E-state index contributed by atoms with van der Waals surface area (Å²) in [5.74, 6) is -6.77. The van der Waals surface area contributed by atoms with Crippen LogP contribution in [0.1, 0.15) is 19.3 Å². The largest absolute Gasteiger partial charge is 2.00 e. The molecule has 0 spiro atoms. The molecule has 13 heteroatoms. The number of hydrogen-bond donors (Lipinski definition) is 3. The van der Waals surface area contributed by atoms with Crippen molar-refractivity contribution in [2.45, 2.75) is 31.0 Å². The molecule has 0 aliphatic rings. The molecule has 0 bridgehead atoms. The number of aliphatic carboxylic acids is 3. The van der Waals surface area contributed by atoms with Gasteiger partial charge in [0.1, 0.15) is 18.2 Å². The van der Waals surface area contributed by atoms with Crippen LogP contribution in [0.2, 0.25) is 0 Å². The van der Waals surface area contributed by atoms with Gasteiger partial charge in [0, 0.05) is 24.8 Å². The van der Waals surface area contributed by atoms with E-state index in [9.17, 15) is 34.5 Å². The Morgan fingerprint density at radius 1 is 1.04 bits per heavy atom. The normalized spacial score (nSPS) is 13.8. The summed E-state index contributed by atoms with van der Waals surface area (Å²) in [7, 11) is 5.66. The van der Waals surface area contributed by atoms with Gasteiger partial charge >= 0.3 is 29.0 Å². The number of rotatable bonds is 9. The predicted octanol–water partition coefficient (Wildman–Crippen LogP) is -6.17. The predicted molar refractivity (Wildman–Crippen MR) is 77.2 cm³/mol. The molecule has 0 aromatic heterocycles. The van der Waals surface area contributed by atoms with Gasteiger partial charge in [-0.05, 0) is 0 Å². The molecule has 146 valence electrons. The minimum Gasteiger partial charge on any atom is -0.550 e. The second-order valence-electron chi connectivity index (χ2n) is 6.21. The van der Waals surface area contributed by atoms with Crippen LogP contribution in [0.3, 0.4) is 0 Å². The SMILES string of the molecule is C[N+](C)(C)C[C@H](O)CC(=O)[O-].O=C([O-])CC(O)(CC(=O)OO)C(=O)[O-].[Mg+2]. The van der Waals surface area contributed by atoms with E-state index in [-0.39, 0.29) is 29.5 Å². The number of nitrogens with zero attached hydrogens (tertiary/aromatic N) is 1. The van der Waals surface area contributed by atoms with E-state index in [1.165, 1.54) is 0 Å². The summed E-state index contributed by atoms with van der Waals surface area (Å²) in [6, 6.07) is 0.